The number of carbonyl (C=O) groups is 1. The van der Waals surface area contributed by atoms with Gasteiger partial charge in [0.1, 0.15) is 5.49 Å². The molecule has 0 bridgehead atoms. The lowest BCUT2D eigenvalue weighted by Gasteiger charge is -2.17. The summed E-state index contributed by atoms with van der Waals surface area (Å²) in [5, 5.41) is 4.02. The van der Waals surface area contributed by atoms with Crippen molar-refractivity contribution in [2.75, 3.05) is 0 Å². The maximum absolute atomic E-state index is 12.4. The van der Waals surface area contributed by atoms with Gasteiger partial charge in [-0.15, -0.1) is 0 Å². The zero-order chi connectivity index (χ0) is 15.2. The van der Waals surface area contributed by atoms with Crippen LogP contribution in [0, 0.1) is 0 Å². The molecule has 3 nitrogen and oxygen atoms in total. The highest BCUT2D eigenvalue weighted by Crippen LogP contribution is 2.19. The molecule has 0 atom stereocenters. The first-order valence-electron chi connectivity index (χ1n) is 7.79. The highest BCUT2D eigenvalue weighted by molar-refractivity contribution is 7.08. The van der Waals surface area contributed by atoms with Crippen molar-refractivity contribution in [3.05, 3.63) is 58.3 Å². The second kappa shape index (κ2) is 7.36. The van der Waals surface area contributed by atoms with Crippen molar-refractivity contribution in [1.82, 2.24) is 4.57 Å². The van der Waals surface area contributed by atoms with E-state index in [1.807, 2.05) is 41.1 Å². The zero-order valence-corrected chi connectivity index (χ0v) is 13.3. The number of rotatable bonds is 3. The quantitative estimate of drug-likeness (QED) is 0.784. The fourth-order valence-electron chi connectivity index (χ4n) is 2.74. The van der Waals surface area contributed by atoms with Crippen LogP contribution in [0.5, 0.6) is 0 Å². The van der Waals surface area contributed by atoms with Crippen LogP contribution in [0.3, 0.4) is 0 Å². The monoisotopic (exact) mass is 312 g/mol. The van der Waals surface area contributed by atoms with Crippen molar-refractivity contribution in [3.63, 3.8) is 0 Å². The summed E-state index contributed by atoms with van der Waals surface area (Å²) in [7, 11) is 0. The SMILES string of the molecule is O=C(/C=C/c1ccsc1)n1ccccc1=NC1CCCCC1. The van der Waals surface area contributed by atoms with Gasteiger partial charge in [0, 0.05) is 12.3 Å². The van der Waals surface area contributed by atoms with Crippen molar-refractivity contribution < 1.29 is 4.79 Å². The van der Waals surface area contributed by atoms with E-state index in [1.54, 1.807) is 28.2 Å². The normalized spacial score (nSPS) is 17.2. The van der Waals surface area contributed by atoms with Gasteiger partial charge in [0.15, 0.2) is 0 Å². The molecular formula is C18H20N2OS. The van der Waals surface area contributed by atoms with Gasteiger partial charge < -0.3 is 0 Å². The molecule has 1 fully saturated rings. The van der Waals surface area contributed by atoms with Gasteiger partial charge in [-0.05, 0) is 53.4 Å². The molecule has 2 aromatic heterocycles. The second-order valence-corrected chi connectivity index (χ2v) is 6.36. The van der Waals surface area contributed by atoms with E-state index in [2.05, 4.69) is 0 Å². The Balaban J connectivity index is 1.84. The zero-order valence-electron chi connectivity index (χ0n) is 12.5. The molecule has 4 heteroatoms. The summed E-state index contributed by atoms with van der Waals surface area (Å²) in [6, 6.07) is 8.09. The van der Waals surface area contributed by atoms with Crippen LogP contribution in [0.1, 0.15) is 42.5 Å². The van der Waals surface area contributed by atoms with Crippen LogP contribution in [-0.4, -0.2) is 16.5 Å². The fourth-order valence-corrected chi connectivity index (χ4v) is 3.37. The summed E-state index contributed by atoms with van der Waals surface area (Å²) in [6.45, 7) is 0. The van der Waals surface area contributed by atoms with Crippen molar-refractivity contribution in [3.8, 4) is 0 Å². The third-order valence-corrected chi connectivity index (χ3v) is 4.63. The summed E-state index contributed by atoms with van der Waals surface area (Å²) in [5.41, 5.74) is 1.81. The average molecular weight is 312 g/mol. The van der Waals surface area contributed by atoms with Crippen LogP contribution in [-0.2, 0) is 0 Å². The number of carbonyl (C=O) groups excluding carboxylic acids is 1. The maximum Gasteiger partial charge on any atom is 0.256 e. The smallest absolute Gasteiger partial charge is 0.256 e. The first kappa shape index (κ1) is 15.0. The van der Waals surface area contributed by atoms with E-state index in [4.69, 9.17) is 4.99 Å². The van der Waals surface area contributed by atoms with Gasteiger partial charge in [0.2, 0.25) is 0 Å². The summed E-state index contributed by atoms with van der Waals surface area (Å²) >= 11 is 1.63. The molecule has 0 N–H and O–H groups in total. The molecule has 1 aliphatic rings. The number of allylic oxidation sites excluding steroid dienone is 1. The molecule has 2 aromatic rings. The molecule has 22 heavy (non-hydrogen) atoms. The molecule has 0 aromatic carbocycles. The maximum atomic E-state index is 12.4. The largest absolute Gasteiger partial charge is 0.269 e. The minimum absolute atomic E-state index is 0.0543. The first-order chi connectivity index (χ1) is 10.8. The van der Waals surface area contributed by atoms with Gasteiger partial charge in [-0.1, -0.05) is 25.3 Å². The van der Waals surface area contributed by atoms with E-state index in [0.717, 1.165) is 23.9 Å². The number of pyridine rings is 1. The number of nitrogens with zero attached hydrogens (tertiary/aromatic N) is 2. The predicted molar refractivity (Wildman–Crippen MR) is 90.8 cm³/mol. The van der Waals surface area contributed by atoms with Gasteiger partial charge in [0.25, 0.3) is 5.91 Å². The Morgan fingerprint density at radius 3 is 2.86 bits per heavy atom. The minimum atomic E-state index is -0.0543. The topological polar surface area (TPSA) is 34.4 Å². The molecule has 114 valence electrons. The Morgan fingerprint density at radius 2 is 2.09 bits per heavy atom. The van der Waals surface area contributed by atoms with Gasteiger partial charge >= 0.3 is 0 Å². The predicted octanol–water partition coefficient (Wildman–Crippen LogP) is 4.14. The molecule has 0 radical (unpaired) electrons. The minimum Gasteiger partial charge on any atom is -0.269 e. The summed E-state index contributed by atoms with van der Waals surface area (Å²) in [4.78, 5) is 17.2. The molecule has 0 spiro atoms. The molecule has 0 aliphatic heterocycles. The van der Waals surface area contributed by atoms with Crippen LogP contribution in [0.25, 0.3) is 6.08 Å². The molecule has 0 amide bonds. The van der Waals surface area contributed by atoms with Crippen LogP contribution in [0.4, 0.5) is 0 Å². The lowest BCUT2D eigenvalue weighted by atomic mass is 9.96. The van der Waals surface area contributed by atoms with Gasteiger partial charge in [0.05, 0.1) is 6.04 Å². The Kier molecular flexibility index (Phi) is 5.01. The van der Waals surface area contributed by atoms with Crippen molar-refractivity contribution in [2.24, 2.45) is 4.99 Å². The Labute approximate surface area is 134 Å². The van der Waals surface area contributed by atoms with Gasteiger partial charge in [-0.25, -0.2) is 0 Å². The number of hydrogen-bond acceptors (Lipinski definition) is 3. The molecule has 2 heterocycles. The van der Waals surface area contributed by atoms with Crippen LogP contribution < -0.4 is 5.49 Å². The Bertz CT molecular complexity index is 707. The Morgan fingerprint density at radius 1 is 1.23 bits per heavy atom. The van der Waals surface area contributed by atoms with Crippen molar-refractivity contribution >= 4 is 23.3 Å². The Hall–Kier alpha value is -1.94. The number of thiophene rings is 1. The van der Waals surface area contributed by atoms with E-state index in [1.165, 1.54) is 19.3 Å². The molecule has 1 aliphatic carbocycles. The molecule has 3 rings (SSSR count). The molecule has 1 saturated carbocycles. The summed E-state index contributed by atoms with van der Waals surface area (Å²) < 4.78 is 1.64. The van der Waals surface area contributed by atoms with Crippen molar-refractivity contribution in [2.45, 2.75) is 38.1 Å². The van der Waals surface area contributed by atoms with Crippen LogP contribution in [0.15, 0.2) is 52.3 Å². The summed E-state index contributed by atoms with van der Waals surface area (Å²) in [6.07, 6.45) is 11.3. The van der Waals surface area contributed by atoms with E-state index in [0.29, 0.717) is 6.04 Å². The molecular weight excluding hydrogens is 292 g/mol. The van der Waals surface area contributed by atoms with E-state index < -0.39 is 0 Å². The van der Waals surface area contributed by atoms with Crippen LogP contribution >= 0.6 is 11.3 Å². The van der Waals surface area contributed by atoms with E-state index in [9.17, 15) is 4.79 Å². The first-order valence-corrected chi connectivity index (χ1v) is 8.73. The lowest BCUT2D eigenvalue weighted by Crippen LogP contribution is -2.27. The second-order valence-electron chi connectivity index (χ2n) is 5.58. The van der Waals surface area contributed by atoms with E-state index >= 15 is 0 Å². The molecule has 0 unspecified atom stereocenters. The highest BCUT2D eigenvalue weighted by Gasteiger charge is 2.12. The van der Waals surface area contributed by atoms with Crippen LogP contribution in [0.2, 0.25) is 0 Å². The fraction of sp³-hybridized carbons (Fsp3) is 0.333. The third-order valence-electron chi connectivity index (χ3n) is 3.93. The highest BCUT2D eigenvalue weighted by atomic mass is 32.1. The number of aromatic nitrogens is 1. The van der Waals surface area contributed by atoms with Crippen molar-refractivity contribution in [1.29, 1.82) is 0 Å². The van der Waals surface area contributed by atoms with Gasteiger partial charge in [-0.3, -0.25) is 14.4 Å². The number of hydrogen-bond donors (Lipinski definition) is 0. The van der Waals surface area contributed by atoms with Gasteiger partial charge in [-0.2, -0.15) is 11.3 Å². The lowest BCUT2D eigenvalue weighted by molar-refractivity contribution is 0.0964. The van der Waals surface area contributed by atoms with E-state index in [-0.39, 0.29) is 5.91 Å². The summed E-state index contributed by atoms with van der Waals surface area (Å²) in [5.74, 6) is -0.0543. The molecule has 0 saturated heterocycles. The average Bonchev–Trinajstić information content (AvgIpc) is 3.08. The third kappa shape index (κ3) is 3.83. The standard InChI is InChI=1S/C18H20N2OS/c21-18(10-9-15-11-13-22-14-15)20-12-5-4-8-17(20)19-16-6-2-1-3-7-16/h4-5,8-14,16H,1-3,6-7H2/b10-9+,19-17?.